The van der Waals surface area contributed by atoms with Crippen molar-refractivity contribution >= 4 is 11.9 Å². The average molecular weight is 268 g/mol. The second-order valence-electron chi connectivity index (χ2n) is 5.10. The molecule has 2 atom stereocenters. The predicted octanol–water partition coefficient (Wildman–Crippen LogP) is 3.17. The highest BCUT2D eigenvalue weighted by Gasteiger charge is 2.25. The first-order valence-corrected chi connectivity index (χ1v) is 7.23. The second-order valence-corrected chi connectivity index (χ2v) is 5.10. The van der Waals surface area contributed by atoms with Crippen LogP contribution in [0, 0.1) is 11.8 Å². The van der Waals surface area contributed by atoms with E-state index in [-0.39, 0.29) is 11.9 Å². The molecule has 1 aliphatic rings. The number of rotatable bonds is 8. The smallest absolute Gasteiger partial charge is 0.312 e. The Morgan fingerprint density at radius 2 is 1.74 bits per heavy atom. The molecule has 0 amide bonds. The number of carboxylic acid groups (broad SMARTS) is 1. The maximum atomic E-state index is 11.7. The lowest BCUT2D eigenvalue weighted by molar-refractivity contribution is -0.148. The van der Waals surface area contributed by atoms with Crippen LogP contribution in [0.25, 0.3) is 0 Å². The first-order valence-electron chi connectivity index (χ1n) is 7.23. The molecule has 1 rings (SSSR count). The first-order chi connectivity index (χ1) is 9.15. The molecule has 0 spiro atoms. The normalized spacial score (nSPS) is 22.2. The molecule has 0 aliphatic heterocycles. The molecule has 0 radical (unpaired) electrons. The number of ether oxygens (including phenoxy) is 1. The highest BCUT2D eigenvalue weighted by molar-refractivity contribution is 5.77. The molecular weight excluding hydrogens is 244 g/mol. The minimum atomic E-state index is -0.820. The summed E-state index contributed by atoms with van der Waals surface area (Å²) in [4.78, 5) is 22.5. The van der Waals surface area contributed by atoms with Gasteiger partial charge in [0.2, 0.25) is 0 Å². The van der Waals surface area contributed by atoms with Gasteiger partial charge < -0.3 is 9.84 Å². The van der Waals surface area contributed by atoms with Crippen molar-refractivity contribution in [2.24, 2.45) is 11.8 Å². The van der Waals surface area contributed by atoms with E-state index in [1.54, 1.807) is 12.2 Å². The van der Waals surface area contributed by atoms with Gasteiger partial charge in [0.25, 0.3) is 0 Å². The van der Waals surface area contributed by atoms with E-state index >= 15 is 0 Å². The maximum Gasteiger partial charge on any atom is 0.312 e. The van der Waals surface area contributed by atoms with Gasteiger partial charge >= 0.3 is 11.9 Å². The summed E-state index contributed by atoms with van der Waals surface area (Å²) in [5.74, 6) is -1.74. The first kappa shape index (κ1) is 15.7. The minimum absolute atomic E-state index is 0.212. The van der Waals surface area contributed by atoms with E-state index < -0.39 is 11.9 Å². The molecule has 4 nitrogen and oxygen atoms in total. The molecule has 0 saturated carbocycles. The van der Waals surface area contributed by atoms with E-state index in [9.17, 15) is 9.59 Å². The van der Waals surface area contributed by atoms with Crippen LogP contribution in [-0.4, -0.2) is 23.7 Å². The van der Waals surface area contributed by atoms with Crippen LogP contribution in [-0.2, 0) is 14.3 Å². The fourth-order valence-corrected chi connectivity index (χ4v) is 2.21. The van der Waals surface area contributed by atoms with Crippen LogP contribution in [0.5, 0.6) is 0 Å². The Morgan fingerprint density at radius 3 is 2.32 bits per heavy atom. The summed E-state index contributed by atoms with van der Waals surface area (Å²) >= 11 is 0. The lowest BCUT2D eigenvalue weighted by Crippen LogP contribution is -2.23. The molecule has 19 heavy (non-hydrogen) atoms. The summed E-state index contributed by atoms with van der Waals surface area (Å²) < 4.78 is 5.22. The van der Waals surface area contributed by atoms with Crippen LogP contribution in [0.3, 0.4) is 0 Å². The number of hydrogen-bond donors (Lipinski definition) is 1. The highest BCUT2D eigenvalue weighted by atomic mass is 16.5. The van der Waals surface area contributed by atoms with Crippen LogP contribution in [0.2, 0.25) is 0 Å². The summed E-state index contributed by atoms with van der Waals surface area (Å²) in [5.41, 5.74) is 0. The molecule has 0 fully saturated rings. The van der Waals surface area contributed by atoms with Crippen molar-refractivity contribution in [2.75, 3.05) is 6.61 Å². The fourth-order valence-electron chi connectivity index (χ4n) is 2.21. The number of carbonyl (C=O) groups is 2. The molecule has 4 heteroatoms. The van der Waals surface area contributed by atoms with Crippen molar-refractivity contribution in [3.8, 4) is 0 Å². The zero-order valence-electron chi connectivity index (χ0n) is 11.6. The Bertz CT molecular complexity index is 322. The Balaban J connectivity index is 2.17. The number of unbranched alkanes of at least 4 members (excludes halogenated alkanes) is 4. The number of carboxylic acids is 1. The van der Waals surface area contributed by atoms with Crippen molar-refractivity contribution < 1.29 is 19.4 Å². The SMILES string of the molecule is CCCCCCCOC(=O)C1C=CC(C(=O)O)CC1. The van der Waals surface area contributed by atoms with Crippen molar-refractivity contribution in [3.05, 3.63) is 12.2 Å². The quantitative estimate of drug-likeness (QED) is 0.417. The Kier molecular flexibility index (Phi) is 7.23. The zero-order valence-corrected chi connectivity index (χ0v) is 11.6. The van der Waals surface area contributed by atoms with Gasteiger partial charge in [0.05, 0.1) is 18.4 Å². The maximum absolute atomic E-state index is 11.7. The summed E-state index contributed by atoms with van der Waals surface area (Å²) in [7, 11) is 0. The molecule has 0 aromatic carbocycles. The lowest BCUT2D eigenvalue weighted by Gasteiger charge is -2.19. The second kappa shape index (κ2) is 8.73. The minimum Gasteiger partial charge on any atom is -0.481 e. The van der Waals surface area contributed by atoms with E-state index in [0.717, 1.165) is 12.8 Å². The Morgan fingerprint density at radius 1 is 1.11 bits per heavy atom. The van der Waals surface area contributed by atoms with Gasteiger partial charge in [-0.3, -0.25) is 9.59 Å². The largest absolute Gasteiger partial charge is 0.481 e. The zero-order chi connectivity index (χ0) is 14.1. The monoisotopic (exact) mass is 268 g/mol. The van der Waals surface area contributed by atoms with E-state index in [4.69, 9.17) is 9.84 Å². The Hall–Kier alpha value is -1.32. The van der Waals surface area contributed by atoms with E-state index in [2.05, 4.69) is 6.92 Å². The molecule has 0 aromatic heterocycles. The van der Waals surface area contributed by atoms with Crippen LogP contribution in [0.15, 0.2) is 12.2 Å². The van der Waals surface area contributed by atoms with Crippen molar-refractivity contribution in [1.82, 2.24) is 0 Å². The number of aliphatic carboxylic acids is 1. The van der Waals surface area contributed by atoms with Gasteiger partial charge in [0.1, 0.15) is 0 Å². The lowest BCUT2D eigenvalue weighted by atomic mass is 9.89. The van der Waals surface area contributed by atoms with Crippen molar-refractivity contribution in [1.29, 1.82) is 0 Å². The molecule has 2 unspecified atom stereocenters. The van der Waals surface area contributed by atoms with Gasteiger partial charge in [-0.25, -0.2) is 0 Å². The van der Waals surface area contributed by atoms with Gasteiger partial charge in [-0.05, 0) is 19.3 Å². The highest BCUT2D eigenvalue weighted by Crippen LogP contribution is 2.23. The third-order valence-electron chi connectivity index (χ3n) is 3.48. The van der Waals surface area contributed by atoms with E-state index in [1.165, 1.54) is 19.3 Å². The van der Waals surface area contributed by atoms with Crippen LogP contribution in [0.4, 0.5) is 0 Å². The molecular formula is C15H24O4. The molecule has 1 N–H and O–H groups in total. The van der Waals surface area contributed by atoms with Crippen molar-refractivity contribution in [2.45, 2.75) is 51.9 Å². The molecule has 1 aliphatic carbocycles. The summed E-state index contributed by atoms with van der Waals surface area (Å²) in [6.45, 7) is 2.65. The van der Waals surface area contributed by atoms with Crippen LogP contribution in [0.1, 0.15) is 51.9 Å². The van der Waals surface area contributed by atoms with Gasteiger partial charge in [-0.15, -0.1) is 0 Å². The number of carbonyl (C=O) groups excluding carboxylic acids is 1. The fraction of sp³-hybridized carbons (Fsp3) is 0.733. The third kappa shape index (κ3) is 5.90. The van der Waals surface area contributed by atoms with Gasteiger partial charge in [-0.2, -0.15) is 0 Å². The number of hydrogen-bond acceptors (Lipinski definition) is 3. The molecule has 0 bridgehead atoms. The molecule has 0 aromatic rings. The Labute approximate surface area is 114 Å². The number of esters is 1. The van der Waals surface area contributed by atoms with Crippen LogP contribution < -0.4 is 0 Å². The molecule has 0 saturated heterocycles. The van der Waals surface area contributed by atoms with Gasteiger partial charge in [0, 0.05) is 0 Å². The van der Waals surface area contributed by atoms with E-state index in [0.29, 0.717) is 19.4 Å². The van der Waals surface area contributed by atoms with Crippen molar-refractivity contribution in [3.63, 3.8) is 0 Å². The third-order valence-corrected chi connectivity index (χ3v) is 3.48. The molecule has 108 valence electrons. The summed E-state index contributed by atoms with van der Waals surface area (Å²) in [6, 6.07) is 0. The molecule has 0 heterocycles. The van der Waals surface area contributed by atoms with E-state index in [1.807, 2.05) is 0 Å². The topological polar surface area (TPSA) is 63.6 Å². The summed E-state index contributed by atoms with van der Waals surface area (Å²) in [5, 5.41) is 8.84. The van der Waals surface area contributed by atoms with Gasteiger partial charge in [0.15, 0.2) is 0 Å². The summed E-state index contributed by atoms with van der Waals surface area (Å²) in [6.07, 6.45) is 10.0. The van der Waals surface area contributed by atoms with Gasteiger partial charge in [-0.1, -0.05) is 44.8 Å². The average Bonchev–Trinajstić information content (AvgIpc) is 2.42. The standard InChI is InChI=1S/C15H24O4/c1-2-3-4-5-6-11-19-15(18)13-9-7-12(8-10-13)14(16)17/h7,9,12-13H,2-6,8,10-11H2,1H3,(H,16,17). The van der Waals surface area contributed by atoms with Crippen LogP contribution >= 0.6 is 0 Å². The predicted molar refractivity (Wildman–Crippen MR) is 72.7 cm³/mol.